The lowest BCUT2D eigenvalue weighted by atomic mass is 10.1. The molecule has 2 rings (SSSR count). The van der Waals surface area contributed by atoms with Crippen LogP contribution in [0.4, 0.5) is 0 Å². The van der Waals surface area contributed by atoms with Gasteiger partial charge >= 0.3 is 0 Å². The zero-order valence-electron chi connectivity index (χ0n) is 16.3. The number of rotatable bonds is 4. The van der Waals surface area contributed by atoms with E-state index in [2.05, 4.69) is 49.7 Å². The van der Waals surface area contributed by atoms with Crippen molar-refractivity contribution in [3.8, 4) is 0 Å². The first-order chi connectivity index (χ1) is 11.9. The summed E-state index contributed by atoms with van der Waals surface area (Å²) in [5.41, 5.74) is 1.13. The molecule has 0 radical (unpaired) electrons. The van der Waals surface area contributed by atoms with E-state index in [0.717, 1.165) is 38.7 Å². The van der Waals surface area contributed by atoms with E-state index in [1.54, 1.807) is 7.05 Å². The SMILES string of the molecule is CN=C(NCC(=O)NC(C)(C)C)N1CCN(Cc2ccccc2)CC1.I. The molecule has 1 aromatic carbocycles. The molecule has 0 aromatic heterocycles. The van der Waals surface area contributed by atoms with Gasteiger partial charge in [-0.15, -0.1) is 24.0 Å². The number of nitrogens with one attached hydrogen (secondary N) is 2. The van der Waals surface area contributed by atoms with Gasteiger partial charge in [-0.2, -0.15) is 0 Å². The van der Waals surface area contributed by atoms with Crippen LogP contribution < -0.4 is 10.6 Å². The van der Waals surface area contributed by atoms with E-state index in [9.17, 15) is 4.79 Å². The Bertz CT molecular complexity index is 577. The van der Waals surface area contributed by atoms with Crippen molar-refractivity contribution in [2.24, 2.45) is 4.99 Å². The van der Waals surface area contributed by atoms with E-state index >= 15 is 0 Å². The minimum Gasteiger partial charge on any atom is -0.350 e. The highest BCUT2D eigenvalue weighted by Crippen LogP contribution is 2.08. The summed E-state index contributed by atoms with van der Waals surface area (Å²) in [4.78, 5) is 20.9. The summed E-state index contributed by atoms with van der Waals surface area (Å²) in [5.74, 6) is 0.778. The molecule has 0 saturated carbocycles. The van der Waals surface area contributed by atoms with E-state index in [-0.39, 0.29) is 42.0 Å². The molecule has 1 aliphatic heterocycles. The number of nitrogens with zero attached hydrogens (tertiary/aromatic N) is 3. The molecule has 26 heavy (non-hydrogen) atoms. The van der Waals surface area contributed by atoms with Crippen molar-refractivity contribution in [1.29, 1.82) is 0 Å². The van der Waals surface area contributed by atoms with Crippen molar-refractivity contribution < 1.29 is 4.79 Å². The van der Waals surface area contributed by atoms with Crippen LogP contribution in [0.2, 0.25) is 0 Å². The standard InChI is InChI=1S/C19H31N5O.HI/c1-19(2,3)22-17(25)14-21-18(20-4)24-12-10-23(11-13-24)15-16-8-6-5-7-9-16;/h5-9H,10-15H2,1-4H3,(H,20,21)(H,22,25);1H. The summed E-state index contributed by atoms with van der Waals surface area (Å²) in [5, 5.41) is 6.12. The third-order valence-electron chi connectivity index (χ3n) is 4.05. The highest BCUT2D eigenvalue weighted by atomic mass is 127. The Labute approximate surface area is 174 Å². The molecule has 1 fully saturated rings. The molecule has 1 saturated heterocycles. The van der Waals surface area contributed by atoms with Crippen LogP contribution in [-0.4, -0.2) is 67.0 Å². The maximum Gasteiger partial charge on any atom is 0.239 e. The lowest BCUT2D eigenvalue weighted by molar-refractivity contribution is -0.121. The molecule has 146 valence electrons. The van der Waals surface area contributed by atoms with Crippen LogP contribution in [0, 0.1) is 0 Å². The molecule has 0 spiro atoms. The number of benzene rings is 1. The highest BCUT2D eigenvalue weighted by molar-refractivity contribution is 14.0. The van der Waals surface area contributed by atoms with Crippen molar-refractivity contribution >= 4 is 35.8 Å². The second kappa shape index (κ2) is 10.7. The minimum atomic E-state index is -0.217. The minimum absolute atomic E-state index is 0. The van der Waals surface area contributed by atoms with Crippen LogP contribution in [0.3, 0.4) is 0 Å². The van der Waals surface area contributed by atoms with Crippen molar-refractivity contribution in [1.82, 2.24) is 20.4 Å². The summed E-state index contributed by atoms with van der Waals surface area (Å²) < 4.78 is 0. The number of piperazine rings is 1. The number of carbonyl (C=O) groups is 1. The average molecular weight is 473 g/mol. The second-order valence-corrected chi connectivity index (χ2v) is 7.45. The average Bonchev–Trinajstić information content (AvgIpc) is 2.56. The molecule has 7 heteroatoms. The molecule has 1 aliphatic rings. The van der Waals surface area contributed by atoms with Gasteiger partial charge in [-0.05, 0) is 26.3 Å². The van der Waals surface area contributed by atoms with Gasteiger partial charge in [0.25, 0.3) is 0 Å². The van der Waals surface area contributed by atoms with Crippen molar-refractivity contribution in [3.63, 3.8) is 0 Å². The number of aliphatic imine (C=N–C) groups is 1. The predicted molar refractivity (Wildman–Crippen MR) is 118 cm³/mol. The molecule has 0 bridgehead atoms. The van der Waals surface area contributed by atoms with Crippen LogP contribution >= 0.6 is 24.0 Å². The largest absolute Gasteiger partial charge is 0.350 e. The number of carbonyl (C=O) groups excluding carboxylic acids is 1. The summed E-state index contributed by atoms with van der Waals surface area (Å²) in [6.45, 7) is 11.0. The van der Waals surface area contributed by atoms with Gasteiger partial charge < -0.3 is 15.5 Å². The quantitative estimate of drug-likeness (QED) is 0.399. The van der Waals surface area contributed by atoms with Gasteiger partial charge in [-0.25, -0.2) is 0 Å². The highest BCUT2D eigenvalue weighted by Gasteiger charge is 2.20. The molecule has 0 aliphatic carbocycles. The first-order valence-corrected chi connectivity index (χ1v) is 8.90. The van der Waals surface area contributed by atoms with E-state index in [1.165, 1.54) is 5.56 Å². The molecule has 2 N–H and O–H groups in total. The lowest BCUT2D eigenvalue weighted by Gasteiger charge is -2.36. The Morgan fingerprint density at radius 1 is 1.12 bits per heavy atom. The Balaban J connectivity index is 0.00000338. The zero-order valence-corrected chi connectivity index (χ0v) is 18.6. The van der Waals surface area contributed by atoms with Crippen LogP contribution in [0.15, 0.2) is 35.3 Å². The fourth-order valence-corrected chi connectivity index (χ4v) is 2.91. The number of halogens is 1. The Morgan fingerprint density at radius 2 is 1.73 bits per heavy atom. The Kier molecular flexibility index (Phi) is 9.35. The van der Waals surface area contributed by atoms with Gasteiger partial charge in [-0.3, -0.25) is 14.7 Å². The normalized spacial score (nSPS) is 16.0. The molecule has 0 unspecified atom stereocenters. The van der Waals surface area contributed by atoms with Gasteiger partial charge in [0.05, 0.1) is 6.54 Å². The van der Waals surface area contributed by atoms with Gasteiger partial charge in [0, 0.05) is 45.3 Å². The zero-order chi connectivity index (χ0) is 18.3. The van der Waals surface area contributed by atoms with E-state index in [1.807, 2.05) is 26.8 Å². The lowest BCUT2D eigenvalue weighted by Crippen LogP contribution is -2.54. The van der Waals surface area contributed by atoms with Gasteiger partial charge in [0.15, 0.2) is 5.96 Å². The van der Waals surface area contributed by atoms with Crippen LogP contribution in [0.25, 0.3) is 0 Å². The van der Waals surface area contributed by atoms with Gasteiger partial charge in [0.2, 0.25) is 5.91 Å². The van der Waals surface area contributed by atoms with E-state index in [0.29, 0.717) is 0 Å². The van der Waals surface area contributed by atoms with Crippen LogP contribution in [0.5, 0.6) is 0 Å². The number of hydrogen-bond donors (Lipinski definition) is 2. The Hall–Kier alpha value is -1.35. The van der Waals surface area contributed by atoms with Gasteiger partial charge in [-0.1, -0.05) is 30.3 Å². The Morgan fingerprint density at radius 3 is 2.27 bits per heavy atom. The summed E-state index contributed by atoms with van der Waals surface area (Å²) in [7, 11) is 1.76. The first-order valence-electron chi connectivity index (χ1n) is 8.90. The van der Waals surface area contributed by atoms with Crippen LogP contribution in [0.1, 0.15) is 26.3 Å². The molecule has 1 aromatic rings. The summed E-state index contributed by atoms with van der Waals surface area (Å²) in [6, 6.07) is 10.5. The number of guanidine groups is 1. The summed E-state index contributed by atoms with van der Waals surface area (Å²) >= 11 is 0. The van der Waals surface area contributed by atoms with Crippen molar-refractivity contribution in [3.05, 3.63) is 35.9 Å². The number of amides is 1. The number of hydrogen-bond acceptors (Lipinski definition) is 3. The fraction of sp³-hybridized carbons (Fsp3) is 0.579. The molecular weight excluding hydrogens is 441 g/mol. The maximum atomic E-state index is 12.0. The molecular formula is C19H32IN5O. The maximum absolute atomic E-state index is 12.0. The van der Waals surface area contributed by atoms with E-state index < -0.39 is 0 Å². The third kappa shape index (κ3) is 7.90. The molecule has 0 atom stereocenters. The smallest absolute Gasteiger partial charge is 0.239 e. The van der Waals surface area contributed by atoms with Crippen molar-refractivity contribution in [2.45, 2.75) is 32.9 Å². The second-order valence-electron chi connectivity index (χ2n) is 7.45. The van der Waals surface area contributed by atoms with Gasteiger partial charge in [0.1, 0.15) is 0 Å². The molecule has 1 heterocycles. The van der Waals surface area contributed by atoms with Crippen LogP contribution in [-0.2, 0) is 11.3 Å². The molecule has 6 nitrogen and oxygen atoms in total. The third-order valence-corrected chi connectivity index (χ3v) is 4.05. The van der Waals surface area contributed by atoms with Crippen molar-refractivity contribution in [2.75, 3.05) is 39.8 Å². The predicted octanol–water partition coefficient (Wildman–Crippen LogP) is 1.91. The van der Waals surface area contributed by atoms with E-state index in [4.69, 9.17) is 0 Å². The fourth-order valence-electron chi connectivity index (χ4n) is 2.91. The summed E-state index contributed by atoms with van der Waals surface area (Å²) in [6.07, 6.45) is 0. The topological polar surface area (TPSA) is 60.0 Å². The first kappa shape index (κ1) is 22.7. The monoisotopic (exact) mass is 473 g/mol. The molecule has 1 amide bonds.